The minimum absolute atomic E-state index is 0.0278. The van der Waals surface area contributed by atoms with Gasteiger partial charge >= 0.3 is 0 Å². The summed E-state index contributed by atoms with van der Waals surface area (Å²) in [7, 11) is 0. The summed E-state index contributed by atoms with van der Waals surface area (Å²) in [5.74, 6) is -8.60. The fourth-order valence-corrected chi connectivity index (χ4v) is 9.87. The average Bonchev–Trinajstić information content (AvgIpc) is 4.11. The molecule has 14 nitrogen and oxygen atoms in total. The zero-order valence-corrected chi connectivity index (χ0v) is 35.3. The van der Waals surface area contributed by atoms with Crippen LogP contribution in [0.2, 0.25) is 0 Å². The van der Waals surface area contributed by atoms with Crippen LogP contribution in [0.3, 0.4) is 0 Å². The highest BCUT2D eigenvalue weighted by Crippen LogP contribution is 2.54. The first-order valence-electron chi connectivity index (χ1n) is 21.4. The number of ketones is 6. The molecule has 334 valence electrons. The van der Waals surface area contributed by atoms with Crippen LogP contribution in [0.25, 0.3) is 0 Å². The number of phenolic OH excluding ortho intramolecular Hbond substituents is 6. The third-order valence-corrected chi connectivity index (χ3v) is 13.1. The molecule has 68 heavy (non-hydrogen) atoms. The maximum Gasteiger partial charge on any atom is 0.198 e. The zero-order valence-electron chi connectivity index (χ0n) is 35.3. The van der Waals surface area contributed by atoms with Gasteiger partial charge in [0.15, 0.2) is 69.2 Å². The Kier molecular flexibility index (Phi) is 9.36. The predicted molar refractivity (Wildman–Crippen MR) is 239 cm³/mol. The average molecular weight is 907 g/mol. The molecule has 0 radical (unpaired) electrons. The van der Waals surface area contributed by atoms with Crippen LogP contribution in [0.4, 0.5) is 0 Å². The van der Waals surface area contributed by atoms with Gasteiger partial charge in [0.2, 0.25) is 0 Å². The summed E-state index contributed by atoms with van der Waals surface area (Å²) in [6.45, 7) is -0.521. The van der Waals surface area contributed by atoms with Gasteiger partial charge < -0.3 is 40.1 Å². The van der Waals surface area contributed by atoms with E-state index in [1.807, 2.05) is 0 Å². The highest BCUT2D eigenvalue weighted by atomic mass is 16.5. The van der Waals surface area contributed by atoms with Crippen LogP contribution in [0, 0.1) is 5.92 Å². The van der Waals surface area contributed by atoms with Crippen molar-refractivity contribution in [2.75, 3.05) is 0 Å². The molecule has 0 aromatic heterocycles. The molecular weight excluding hydrogens is 873 g/mol. The van der Waals surface area contributed by atoms with E-state index in [2.05, 4.69) is 0 Å². The number of hydrogen-bond acceptors (Lipinski definition) is 14. The summed E-state index contributed by atoms with van der Waals surface area (Å²) in [5, 5.41) is 64.8. The molecule has 7 aromatic rings. The van der Waals surface area contributed by atoms with Gasteiger partial charge in [-0.25, -0.2) is 0 Å². The molecule has 0 saturated heterocycles. The molecule has 11 rings (SSSR count). The van der Waals surface area contributed by atoms with Gasteiger partial charge in [-0.05, 0) is 59.1 Å². The summed E-state index contributed by atoms with van der Waals surface area (Å²) in [6.07, 6.45) is 0.887. The van der Waals surface area contributed by atoms with E-state index in [1.54, 1.807) is 54.6 Å². The van der Waals surface area contributed by atoms with E-state index in [-0.39, 0.29) is 92.2 Å². The van der Waals surface area contributed by atoms with Gasteiger partial charge in [0.25, 0.3) is 0 Å². The third-order valence-electron chi connectivity index (χ3n) is 13.1. The van der Waals surface area contributed by atoms with E-state index < -0.39 is 80.3 Å². The number of phenols is 6. The second-order valence-corrected chi connectivity index (χ2v) is 17.2. The second-order valence-electron chi connectivity index (χ2n) is 17.2. The molecule has 7 aromatic carbocycles. The van der Waals surface area contributed by atoms with Crippen LogP contribution in [-0.4, -0.2) is 65.3 Å². The lowest BCUT2D eigenvalue weighted by Crippen LogP contribution is -2.22. The monoisotopic (exact) mass is 906 g/mol. The van der Waals surface area contributed by atoms with Crippen LogP contribution in [0.5, 0.6) is 46.0 Å². The van der Waals surface area contributed by atoms with Gasteiger partial charge in [-0.1, -0.05) is 84.9 Å². The molecule has 14 heteroatoms. The van der Waals surface area contributed by atoms with Crippen molar-refractivity contribution in [2.45, 2.75) is 32.0 Å². The predicted octanol–water partition coefficient (Wildman–Crippen LogP) is 7.75. The van der Waals surface area contributed by atoms with Crippen LogP contribution in [0.15, 0.2) is 109 Å². The van der Waals surface area contributed by atoms with Crippen molar-refractivity contribution in [1.82, 2.24) is 0 Å². The summed E-state index contributed by atoms with van der Waals surface area (Å²) in [6, 6.07) is 27.1. The SMILES string of the molecule is O=C1c2ccccc2C(=O)c2c(O)c(O)cc(OCc3cc(COc4cc(O)c(O)c5c4C(=O)c4ccccc4C5=O)cc(C[C@@H]4CC4c4cc(O)c(O)c5c4C(=O)c4ccccc4C5=O)c3)c21. The van der Waals surface area contributed by atoms with Gasteiger partial charge in [0.1, 0.15) is 24.7 Å². The van der Waals surface area contributed by atoms with E-state index in [4.69, 9.17) is 9.47 Å². The molecule has 4 aliphatic carbocycles. The molecular formula is C54H34O14. The van der Waals surface area contributed by atoms with Gasteiger partial charge in [-0.15, -0.1) is 0 Å². The highest BCUT2D eigenvalue weighted by molar-refractivity contribution is 6.32. The van der Waals surface area contributed by atoms with Crippen LogP contribution >= 0.6 is 0 Å². The fraction of sp³-hybridized carbons (Fsp3) is 0.111. The third kappa shape index (κ3) is 6.32. The van der Waals surface area contributed by atoms with Gasteiger partial charge in [-0.2, -0.15) is 0 Å². The Balaban J connectivity index is 0.945. The standard InChI is InChI=1S/C54H34O14/c55-35-18-34(40-43(52(35)64)49(61)30-10-4-1-7-27(30)46(40)58)33-17-26(33)16-23-13-24(21-67-38-19-36(56)53(65)44-41(38)47(59)28-8-2-5-11-31(28)50(44)62)15-25(14-23)22-68-39-20-37(57)54(66)45-42(39)48(60)29-9-3-6-12-32(29)51(45)63/h1-15,18-20,26,33,55-57,64-66H,16-17,21-22H2/t26-,33?/m1/s1. The molecule has 1 saturated carbocycles. The Hall–Kier alpha value is -9.04. The summed E-state index contributed by atoms with van der Waals surface area (Å²) in [5.41, 5.74) is 1.14. The molecule has 0 aliphatic heterocycles. The Morgan fingerprint density at radius 1 is 0.397 bits per heavy atom. The van der Waals surface area contributed by atoms with E-state index in [0.717, 1.165) is 12.1 Å². The molecule has 0 heterocycles. The van der Waals surface area contributed by atoms with Crippen LogP contribution < -0.4 is 9.47 Å². The number of rotatable bonds is 9. The molecule has 1 unspecified atom stereocenters. The first-order chi connectivity index (χ1) is 32.7. The Labute approximate surface area is 384 Å². The maximum atomic E-state index is 13.9. The van der Waals surface area contributed by atoms with Crippen molar-refractivity contribution >= 4 is 34.7 Å². The number of ether oxygens (including phenoxy) is 2. The normalized spacial score (nSPS) is 16.3. The summed E-state index contributed by atoms with van der Waals surface area (Å²) >= 11 is 0. The molecule has 2 atom stereocenters. The lowest BCUT2D eigenvalue weighted by atomic mass is 9.80. The molecule has 0 amide bonds. The number of fused-ring (bicyclic) bond motifs is 6. The maximum absolute atomic E-state index is 13.9. The van der Waals surface area contributed by atoms with Crippen molar-refractivity contribution in [3.8, 4) is 46.0 Å². The van der Waals surface area contributed by atoms with Crippen LogP contribution in [0.1, 0.15) is 130 Å². The van der Waals surface area contributed by atoms with E-state index >= 15 is 0 Å². The van der Waals surface area contributed by atoms with E-state index in [0.29, 0.717) is 35.1 Å². The lowest BCUT2D eigenvalue weighted by molar-refractivity contribution is 0.0972. The Bertz CT molecular complexity index is 3360. The summed E-state index contributed by atoms with van der Waals surface area (Å²) < 4.78 is 12.4. The molecule has 0 bridgehead atoms. The molecule has 6 N–H and O–H groups in total. The molecule has 4 aliphatic rings. The number of aromatic hydroxyl groups is 6. The number of carbonyl (C=O) groups excluding carboxylic acids is 6. The summed E-state index contributed by atoms with van der Waals surface area (Å²) in [4.78, 5) is 82.4. The zero-order chi connectivity index (χ0) is 47.4. The number of benzene rings is 7. The lowest BCUT2D eigenvalue weighted by Gasteiger charge is -2.22. The van der Waals surface area contributed by atoms with Crippen molar-refractivity contribution in [3.05, 3.63) is 198 Å². The number of carbonyl (C=O) groups is 6. The topological polar surface area (TPSA) is 242 Å². The minimum atomic E-state index is -0.773. The smallest absolute Gasteiger partial charge is 0.198 e. The fourth-order valence-electron chi connectivity index (χ4n) is 9.87. The molecule has 0 spiro atoms. The van der Waals surface area contributed by atoms with Crippen molar-refractivity contribution in [2.24, 2.45) is 5.92 Å². The Morgan fingerprint density at radius 3 is 1.12 bits per heavy atom. The largest absolute Gasteiger partial charge is 0.504 e. The minimum Gasteiger partial charge on any atom is -0.504 e. The second kappa shape index (κ2) is 15.3. The first kappa shape index (κ1) is 41.7. The van der Waals surface area contributed by atoms with Crippen molar-refractivity contribution in [3.63, 3.8) is 0 Å². The van der Waals surface area contributed by atoms with E-state index in [1.165, 1.54) is 42.5 Å². The molecule has 1 fully saturated rings. The van der Waals surface area contributed by atoms with Gasteiger partial charge in [0.05, 0.1) is 27.8 Å². The first-order valence-corrected chi connectivity index (χ1v) is 21.4. The van der Waals surface area contributed by atoms with Crippen molar-refractivity contribution < 1.29 is 68.9 Å². The highest BCUT2D eigenvalue weighted by Gasteiger charge is 2.45. The van der Waals surface area contributed by atoms with Crippen molar-refractivity contribution in [1.29, 1.82) is 0 Å². The van der Waals surface area contributed by atoms with Gasteiger partial charge in [-0.3, -0.25) is 28.8 Å². The number of hydrogen-bond donors (Lipinski definition) is 6. The van der Waals surface area contributed by atoms with Gasteiger partial charge in [0, 0.05) is 51.1 Å². The quantitative estimate of drug-likeness (QED) is 0.0759. The van der Waals surface area contributed by atoms with Crippen LogP contribution in [-0.2, 0) is 19.6 Å². The Morgan fingerprint density at radius 2 is 0.721 bits per heavy atom. The van der Waals surface area contributed by atoms with E-state index in [9.17, 15) is 59.4 Å².